The van der Waals surface area contributed by atoms with Gasteiger partial charge in [0.2, 0.25) is 10.0 Å². The van der Waals surface area contributed by atoms with E-state index in [1.807, 2.05) is 4.72 Å². The van der Waals surface area contributed by atoms with Gasteiger partial charge in [-0.15, -0.1) is 0 Å². The van der Waals surface area contributed by atoms with E-state index >= 15 is 0 Å². The van der Waals surface area contributed by atoms with Gasteiger partial charge < -0.3 is 9.84 Å². The second-order valence-electron chi connectivity index (χ2n) is 3.66. The molecule has 2 unspecified atom stereocenters. The number of carboxylic acids is 1. The Morgan fingerprint density at radius 2 is 1.94 bits per heavy atom. The zero-order chi connectivity index (χ0) is 13.6. The maximum absolute atomic E-state index is 11.4. The molecule has 0 aliphatic carbocycles. The molecule has 0 aliphatic heterocycles. The summed E-state index contributed by atoms with van der Waals surface area (Å²) >= 11 is 0. The van der Waals surface area contributed by atoms with E-state index in [-0.39, 0.29) is 5.92 Å². The van der Waals surface area contributed by atoms with E-state index in [4.69, 9.17) is 5.11 Å². The number of esters is 1. The molecule has 0 amide bonds. The van der Waals surface area contributed by atoms with Crippen LogP contribution in [0.15, 0.2) is 0 Å². The summed E-state index contributed by atoms with van der Waals surface area (Å²) in [7, 11) is -2.90. The Hall–Kier alpha value is -1.15. The fraction of sp³-hybridized carbons (Fsp3) is 0.778. The van der Waals surface area contributed by atoms with Crippen LogP contribution in [0.1, 0.15) is 20.3 Å². The van der Waals surface area contributed by atoms with E-state index in [0.29, 0.717) is 6.42 Å². The van der Waals surface area contributed by atoms with Crippen LogP contribution in [0.25, 0.3) is 0 Å². The van der Waals surface area contributed by atoms with Gasteiger partial charge in [-0.1, -0.05) is 20.3 Å². The van der Waals surface area contributed by atoms with Crippen LogP contribution < -0.4 is 4.72 Å². The van der Waals surface area contributed by atoms with E-state index in [1.54, 1.807) is 13.8 Å². The van der Waals surface area contributed by atoms with Crippen molar-refractivity contribution >= 4 is 22.0 Å². The van der Waals surface area contributed by atoms with Crippen molar-refractivity contribution < 1.29 is 27.9 Å². The van der Waals surface area contributed by atoms with E-state index in [1.165, 1.54) is 0 Å². The van der Waals surface area contributed by atoms with E-state index in [2.05, 4.69) is 4.74 Å². The van der Waals surface area contributed by atoms with Gasteiger partial charge in [-0.05, 0) is 5.92 Å². The molecule has 8 heteroatoms. The van der Waals surface area contributed by atoms with Gasteiger partial charge in [-0.2, -0.15) is 0 Å². The molecule has 0 aromatic carbocycles. The van der Waals surface area contributed by atoms with Crippen molar-refractivity contribution in [3.63, 3.8) is 0 Å². The maximum Gasteiger partial charge on any atom is 0.324 e. The predicted octanol–water partition coefficient (Wildman–Crippen LogP) is -0.422. The highest BCUT2D eigenvalue weighted by molar-refractivity contribution is 7.90. The molecule has 0 aromatic heterocycles. The van der Waals surface area contributed by atoms with Crippen LogP contribution in [0, 0.1) is 5.92 Å². The number of nitrogens with one attached hydrogen (secondary N) is 1. The van der Waals surface area contributed by atoms with Gasteiger partial charge >= 0.3 is 11.9 Å². The number of hydrogen-bond donors (Lipinski definition) is 2. The third-order valence-corrected chi connectivity index (χ3v) is 3.53. The molecule has 100 valence electrons. The first-order chi connectivity index (χ1) is 7.73. The first-order valence-corrected chi connectivity index (χ1v) is 6.68. The number of hydrogen-bond acceptors (Lipinski definition) is 5. The lowest BCUT2D eigenvalue weighted by Gasteiger charge is -2.21. The lowest BCUT2D eigenvalue weighted by molar-refractivity contribution is -0.144. The number of carboxylic acid groups (broad SMARTS) is 1. The summed E-state index contributed by atoms with van der Waals surface area (Å²) in [6, 6.07) is -1.06. The number of aliphatic carboxylic acids is 1. The SMILES string of the molecule is CCC(C)C(NS(=O)(=O)CC(=O)O)C(=O)OC. The van der Waals surface area contributed by atoms with E-state index < -0.39 is 33.8 Å². The number of rotatable bonds is 7. The molecule has 0 radical (unpaired) electrons. The minimum atomic E-state index is -4.04. The molecule has 0 saturated carbocycles. The van der Waals surface area contributed by atoms with Gasteiger partial charge in [-0.25, -0.2) is 13.1 Å². The molecular weight excluding hydrogens is 250 g/mol. The van der Waals surface area contributed by atoms with Crippen molar-refractivity contribution in [3.05, 3.63) is 0 Å². The van der Waals surface area contributed by atoms with Crippen molar-refractivity contribution in [1.82, 2.24) is 4.72 Å². The highest BCUT2D eigenvalue weighted by Gasteiger charge is 2.30. The summed E-state index contributed by atoms with van der Waals surface area (Å²) < 4.78 is 29.3. The lowest BCUT2D eigenvalue weighted by atomic mass is 10.0. The van der Waals surface area contributed by atoms with Crippen LogP contribution >= 0.6 is 0 Å². The number of sulfonamides is 1. The first kappa shape index (κ1) is 15.9. The summed E-state index contributed by atoms with van der Waals surface area (Å²) in [5.74, 6) is -3.57. The second-order valence-corrected chi connectivity index (χ2v) is 5.41. The number of methoxy groups -OCH3 is 1. The molecule has 2 atom stereocenters. The lowest BCUT2D eigenvalue weighted by Crippen LogP contribution is -2.47. The molecule has 0 rings (SSSR count). The average Bonchev–Trinajstić information content (AvgIpc) is 2.22. The monoisotopic (exact) mass is 267 g/mol. The number of carbonyl (C=O) groups is 2. The van der Waals surface area contributed by atoms with Gasteiger partial charge in [0, 0.05) is 0 Å². The summed E-state index contributed by atoms with van der Waals surface area (Å²) in [6.45, 7) is 3.46. The molecule has 0 spiro atoms. The number of carbonyl (C=O) groups excluding carboxylic acids is 1. The van der Waals surface area contributed by atoms with Crippen molar-refractivity contribution in [3.8, 4) is 0 Å². The van der Waals surface area contributed by atoms with Crippen LogP contribution in [0.4, 0.5) is 0 Å². The Morgan fingerprint density at radius 3 is 2.29 bits per heavy atom. The second kappa shape index (κ2) is 6.55. The van der Waals surface area contributed by atoms with Crippen LogP contribution in [-0.2, 0) is 24.3 Å². The zero-order valence-electron chi connectivity index (χ0n) is 9.97. The molecule has 17 heavy (non-hydrogen) atoms. The smallest absolute Gasteiger partial charge is 0.324 e. The molecule has 2 N–H and O–H groups in total. The van der Waals surface area contributed by atoms with Crippen molar-refractivity contribution in [1.29, 1.82) is 0 Å². The normalized spacial score (nSPS) is 15.0. The minimum absolute atomic E-state index is 0.286. The van der Waals surface area contributed by atoms with Gasteiger partial charge in [0.05, 0.1) is 7.11 Å². The Kier molecular flexibility index (Phi) is 6.11. The summed E-state index contributed by atoms with van der Waals surface area (Å²) in [5.41, 5.74) is 0. The van der Waals surface area contributed by atoms with E-state index in [9.17, 15) is 18.0 Å². The highest BCUT2D eigenvalue weighted by Crippen LogP contribution is 2.10. The van der Waals surface area contributed by atoms with Crippen molar-refractivity contribution in [2.24, 2.45) is 5.92 Å². The Labute approximate surface area is 100 Å². The van der Waals surface area contributed by atoms with Crippen LogP contribution in [0.2, 0.25) is 0 Å². The first-order valence-electron chi connectivity index (χ1n) is 5.03. The average molecular weight is 267 g/mol. The predicted molar refractivity (Wildman–Crippen MR) is 59.8 cm³/mol. The quantitative estimate of drug-likeness (QED) is 0.606. The highest BCUT2D eigenvalue weighted by atomic mass is 32.2. The van der Waals surface area contributed by atoms with Crippen molar-refractivity contribution in [2.45, 2.75) is 26.3 Å². The summed E-state index contributed by atoms with van der Waals surface area (Å²) in [6.07, 6.45) is 0.551. The Morgan fingerprint density at radius 1 is 1.41 bits per heavy atom. The summed E-state index contributed by atoms with van der Waals surface area (Å²) in [5, 5.41) is 8.42. The summed E-state index contributed by atoms with van der Waals surface area (Å²) in [4.78, 5) is 21.7. The van der Waals surface area contributed by atoms with Crippen LogP contribution in [0.3, 0.4) is 0 Å². The zero-order valence-corrected chi connectivity index (χ0v) is 10.8. The van der Waals surface area contributed by atoms with Gasteiger partial charge in [-0.3, -0.25) is 9.59 Å². The fourth-order valence-electron chi connectivity index (χ4n) is 1.16. The molecule has 7 nitrogen and oxygen atoms in total. The van der Waals surface area contributed by atoms with Crippen LogP contribution in [-0.4, -0.2) is 44.4 Å². The maximum atomic E-state index is 11.4. The van der Waals surface area contributed by atoms with Crippen LogP contribution in [0.5, 0.6) is 0 Å². The molecule has 0 heterocycles. The molecular formula is C9H17NO6S. The van der Waals surface area contributed by atoms with Gasteiger partial charge in [0.25, 0.3) is 0 Å². The van der Waals surface area contributed by atoms with E-state index in [0.717, 1.165) is 7.11 Å². The third kappa shape index (κ3) is 5.64. The fourth-order valence-corrected chi connectivity index (χ4v) is 2.28. The molecule has 0 saturated heterocycles. The standard InChI is InChI=1S/C9H17NO6S/c1-4-6(2)8(9(13)16-3)10-17(14,15)5-7(11)12/h6,8,10H,4-5H2,1-3H3,(H,11,12). The largest absolute Gasteiger partial charge is 0.480 e. The molecule has 0 aromatic rings. The molecule has 0 fully saturated rings. The Balaban J connectivity index is 4.87. The Bertz CT molecular complexity index is 377. The van der Waals surface area contributed by atoms with Crippen molar-refractivity contribution in [2.75, 3.05) is 12.9 Å². The van der Waals surface area contributed by atoms with Gasteiger partial charge in [0.1, 0.15) is 6.04 Å². The topological polar surface area (TPSA) is 110 Å². The molecule has 0 bridgehead atoms. The number of ether oxygens (including phenoxy) is 1. The molecule has 0 aliphatic rings. The minimum Gasteiger partial charge on any atom is -0.480 e. The third-order valence-electron chi connectivity index (χ3n) is 2.29. The van der Waals surface area contributed by atoms with Gasteiger partial charge in [0.15, 0.2) is 5.75 Å².